The SMILES string of the molecule is COc1ccccc1/C=C/C(=O)NC[C@@H]1CCN(CC(c2ccccc2)c2ccccc2)C(=O)[C@H](CCCN=C(N)N)N1.NC(N)=NCCC[C@@H]1N[C@H](CNC(=O)/C=C/c2ccc(O)cc2)CCN(CC(c2ccccc2)c2ccccc2)C1=O.NC(N)=NCCC[C@@H]1N[C@H](CNC(=O)[C@H]2COc3ccccc3O2)CCN(CC(c2ccccc2)c2ccccc2)C1=O. The van der Waals surface area contributed by atoms with Gasteiger partial charge in [-0.05, 0) is 139 Å². The summed E-state index contributed by atoms with van der Waals surface area (Å²) in [7, 11) is 1.60. The van der Waals surface area contributed by atoms with Gasteiger partial charge in [0, 0.05) is 132 Å². The number of carbonyl (C=O) groups excluding carboxylic acids is 6. The second kappa shape index (κ2) is 50.3. The molecule has 4 aliphatic rings. The minimum absolute atomic E-state index is 0.0243. The van der Waals surface area contributed by atoms with Crippen molar-refractivity contribution < 1.29 is 48.1 Å². The van der Waals surface area contributed by atoms with Crippen molar-refractivity contribution in [3.8, 4) is 23.0 Å². The number of amides is 6. The van der Waals surface area contributed by atoms with Gasteiger partial charge in [0.05, 0.1) is 25.2 Å². The van der Waals surface area contributed by atoms with Crippen molar-refractivity contribution in [3.05, 3.63) is 311 Å². The van der Waals surface area contributed by atoms with E-state index in [1.165, 1.54) is 12.2 Å². The Morgan fingerprint density at radius 1 is 0.438 bits per heavy atom. The number of carbonyl (C=O) groups is 6. The molecule has 9 aromatic rings. The Bertz CT molecular complexity index is 4990. The Balaban J connectivity index is 0.000000186. The van der Waals surface area contributed by atoms with Crippen LogP contribution in [-0.4, -0.2) is 208 Å². The van der Waals surface area contributed by atoms with Crippen molar-refractivity contribution in [2.75, 3.05) is 92.3 Å². The molecule has 672 valence electrons. The van der Waals surface area contributed by atoms with Crippen LogP contribution in [0.1, 0.15) is 120 Å². The molecule has 0 saturated carbocycles. The molecule has 4 aliphatic heterocycles. The van der Waals surface area contributed by atoms with Gasteiger partial charge in [-0.25, -0.2) is 0 Å². The summed E-state index contributed by atoms with van der Waals surface area (Å²) >= 11 is 0. The van der Waals surface area contributed by atoms with E-state index in [1.807, 2.05) is 166 Å². The number of para-hydroxylation sites is 3. The molecule has 3 saturated heterocycles. The molecule has 9 aromatic carbocycles. The van der Waals surface area contributed by atoms with Crippen molar-refractivity contribution in [2.45, 2.75) is 118 Å². The van der Waals surface area contributed by atoms with Crippen LogP contribution in [0.15, 0.2) is 282 Å². The second-order valence-electron chi connectivity index (χ2n) is 32.0. The molecule has 0 bridgehead atoms. The first-order chi connectivity index (χ1) is 62.3. The van der Waals surface area contributed by atoms with Gasteiger partial charge in [0.2, 0.25) is 35.6 Å². The molecule has 0 radical (unpaired) electrons. The number of nitrogens with one attached hydrogen (secondary N) is 6. The number of benzene rings is 9. The van der Waals surface area contributed by atoms with Gasteiger partial charge in [-0.2, -0.15) is 0 Å². The average molecular weight is 1740 g/mol. The molecule has 28 nitrogen and oxygen atoms in total. The maximum absolute atomic E-state index is 14.0. The van der Waals surface area contributed by atoms with Gasteiger partial charge in [-0.15, -0.1) is 0 Å². The lowest BCUT2D eigenvalue weighted by Gasteiger charge is -2.29. The van der Waals surface area contributed by atoms with Crippen LogP contribution >= 0.6 is 0 Å². The molecule has 0 unspecified atom stereocenters. The predicted molar refractivity (Wildman–Crippen MR) is 504 cm³/mol. The molecule has 128 heavy (non-hydrogen) atoms. The maximum atomic E-state index is 14.0. The van der Waals surface area contributed by atoms with E-state index in [0.29, 0.717) is 154 Å². The molecule has 0 aliphatic carbocycles. The van der Waals surface area contributed by atoms with Gasteiger partial charge in [-0.3, -0.25) is 43.7 Å². The topological polar surface area (TPSA) is 425 Å². The van der Waals surface area contributed by atoms with Gasteiger partial charge < -0.3 is 100 Å². The highest BCUT2D eigenvalue weighted by molar-refractivity contribution is 5.93. The minimum Gasteiger partial charge on any atom is -0.508 e. The summed E-state index contributed by atoms with van der Waals surface area (Å²) in [5.41, 5.74) is 41.6. The number of aromatic hydroxyl groups is 1. The largest absolute Gasteiger partial charge is 0.508 e. The van der Waals surface area contributed by atoms with E-state index < -0.39 is 24.2 Å². The Labute approximate surface area is 750 Å². The summed E-state index contributed by atoms with van der Waals surface area (Å²) < 4.78 is 17.0. The Morgan fingerprint density at radius 2 is 0.766 bits per heavy atom. The van der Waals surface area contributed by atoms with Gasteiger partial charge in [0.15, 0.2) is 29.4 Å². The number of phenols is 1. The monoisotopic (exact) mass is 1730 g/mol. The van der Waals surface area contributed by atoms with Crippen LogP contribution in [0, 0.1) is 0 Å². The van der Waals surface area contributed by atoms with Gasteiger partial charge in [0.25, 0.3) is 5.91 Å². The van der Waals surface area contributed by atoms with Crippen LogP contribution in [0.25, 0.3) is 12.2 Å². The smallest absolute Gasteiger partial charge is 0.264 e. The molecule has 0 aromatic heterocycles. The summed E-state index contributed by atoms with van der Waals surface area (Å²) in [5, 5.41) is 29.0. The number of methoxy groups -OCH3 is 1. The molecular formula is C100H122N18O10. The van der Waals surface area contributed by atoms with E-state index in [2.05, 4.69) is 120 Å². The van der Waals surface area contributed by atoms with E-state index in [9.17, 15) is 33.9 Å². The number of ether oxygens (including phenoxy) is 3. The third-order valence-corrected chi connectivity index (χ3v) is 22.9. The molecule has 0 spiro atoms. The predicted octanol–water partition coefficient (Wildman–Crippen LogP) is 8.62. The molecule has 13 rings (SSSR count). The fraction of sp³-hybridized carbons (Fsp3) is 0.330. The molecule has 6 amide bonds. The van der Waals surface area contributed by atoms with Crippen molar-refractivity contribution in [2.24, 2.45) is 49.4 Å². The zero-order chi connectivity index (χ0) is 90.2. The Hall–Kier alpha value is -13.8. The molecular weight excluding hydrogens is 1610 g/mol. The fourth-order valence-electron chi connectivity index (χ4n) is 16.2. The van der Waals surface area contributed by atoms with Gasteiger partial charge in [0.1, 0.15) is 18.1 Å². The van der Waals surface area contributed by atoms with E-state index in [0.717, 1.165) is 44.5 Å². The van der Waals surface area contributed by atoms with Crippen molar-refractivity contribution in [1.82, 2.24) is 46.6 Å². The number of hydrogen-bond acceptors (Lipinski definition) is 16. The summed E-state index contributed by atoms with van der Waals surface area (Å²) in [6.45, 7) is 5.93. The molecule has 3 fully saturated rings. The highest BCUT2D eigenvalue weighted by atomic mass is 16.6. The number of aliphatic imine (C=N–C) groups is 3. The normalized spacial score (nSPS) is 18.1. The number of rotatable bonds is 36. The number of fused-ring (bicyclic) bond motifs is 1. The van der Waals surface area contributed by atoms with Crippen molar-refractivity contribution >= 4 is 65.5 Å². The van der Waals surface area contributed by atoms with Gasteiger partial charge >= 0.3 is 0 Å². The molecule has 4 heterocycles. The highest BCUT2D eigenvalue weighted by Crippen LogP contribution is 2.34. The number of nitrogens with zero attached hydrogens (tertiary/aromatic N) is 6. The van der Waals surface area contributed by atoms with Crippen LogP contribution in [0.4, 0.5) is 0 Å². The first kappa shape index (κ1) is 94.8. The van der Waals surface area contributed by atoms with Crippen LogP contribution in [0.3, 0.4) is 0 Å². The average Bonchev–Trinajstić information content (AvgIpc) is 1.14. The Kier molecular flexibility index (Phi) is 37.3. The van der Waals surface area contributed by atoms with Gasteiger partial charge in [-0.1, -0.05) is 224 Å². The standard InChI is InChI=1S/C34H42N6O3.C33H40N6O4.C33H40N6O3/c1-43-31-17-9-8-15-27(31)18-19-32(41)38-23-28-20-22-40(33(42)30(39-28)16-10-21-37-34(35)36)24-29(25-11-4-2-5-12-25)26-13-6-3-7-14-26;34-33(35)36-18-9-14-27-32(41)39(21-26(23-10-3-1-4-11-23)24-12-5-2-6-13-24)19-17-25(38-27)20-37-31(40)30-22-42-28-15-7-8-16-29(28)43-30;34-33(35)36-20-7-12-30-32(42)39(23-29(25-8-3-1-4-9-25)26-10-5-2-6-11-26)21-19-27(38-30)22-37-31(41)18-15-24-13-16-28(40)17-14-24/h2-9,11-15,17-19,28-30,39H,10,16,20-24H2,1H3,(H,38,41)(H4,35,36,37);1-8,10-13,15-16,25-27,30,38H,9,14,17-22H2,(H,37,40)(H4,34,35,36);1-6,8-11,13-18,27,29-30,38,40H,7,12,19-23H2,(H,37,41)(H4,34,35,36)/b19-18+;;18-15+/t28-,30-;25-,27-,30+;27-,30-/m000/s1. The van der Waals surface area contributed by atoms with Crippen molar-refractivity contribution in [3.63, 3.8) is 0 Å². The van der Waals surface area contributed by atoms with Crippen LogP contribution < -0.4 is 80.5 Å². The van der Waals surface area contributed by atoms with E-state index in [4.69, 9.17) is 48.6 Å². The zero-order valence-electron chi connectivity index (χ0n) is 72.7. The summed E-state index contributed by atoms with van der Waals surface area (Å²) in [6, 6.07) is 81.5. The van der Waals surface area contributed by atoms with Crippen LogP contribution in [0.5, 0.6) is 23.0 Å². The van der Waals surface area contributed by atoms with Crippen LogP contribution in [-0.2, 0) is 28.8 Å². The minimum atomic E-state index is -0.744. The molecule has 28 heteroatoms. The lowest BCUT2D eigenvalue weighted by molar-refractivity contribution is -0.133. The maximum Gasteiger partial charge on any atom is 0.264 e. The highest BCUT2D eigenvalue weighted by Gasteiger charge is 2.37. The number of guanidine groups is 3. The fourth-order valence-corrected chi connectivity index (χ4v) is 16.2. The summed E-state index contributed by atoms with van der Waals surface area (Å²) in [6.07, 6.45) is 11.4. The Morgan fingerprint density at radius 3 is 1.12 bits per heavy atom. The lowest BCUT2D eigenvalue weighted by atomic mass is 9.90. The third-order valence-electron chi connectivity index (χ3n) is 22.9. The van der Waals surface area contributed by atoms with E-state index in [1.54, 1.807) is 49.6 Å². The van der Waals surface area contributed by atoms with Crippen molar-refractivity contribution in [1.29, 1.82) is 0 Å². The summed E-state index contributed by atoms with van der Waals surface area (Å²) in [5.74, 6) is 1.68. The first-order valence-corrected chi connectivity index (χ1v) is 43.9. The summed E-state index contributed by atoms with van der Waals surface area (Å²) in [4.78, 5) is 98.2. The number of phenolic OH excluding ortho intramolecular Hbond substituents is 1. The second-order valence-corrected chi connectivity index (χ2v) is 32.0. The number of hydrogen-bond donors (Lipinski definition) is 13. The van der Waals surface area contributed by atoms with Crippen LogP contribution in [0.2, 0.25) is 0 Å². The van der Waals surface area contributed by atoms with E-state index in [-0.39, 0.29) is 102 Å². The molecule has 7 atom stereocenters. The number of nitrogens with two attached hydrogens (primary N) is 6. The quantitative estimate of drug-likeness (QED) is 0.00756. The van der Waals surface area contributed by atoms with E-state index >= 15 is 0 Å². The lowest BCUT2D eigenvalue weighted by Crippen LogP contribution is -2.51. The molecule has 19 N–H and O–H groups in total. The first-order valence-electron chi connectivity index (χ1n) is 43.9. The third kappa shape index (κ3) is 30.2. The zero-order valence-corrected chi connectivity index (χ0v) is 72.7.